The van der Waals surface area contributed by atoms with Crippen molar-refractivity contribution in [2.75, 3.05) is 40.3 Å². The van der Waals surface area contributed by atoms with Gasteiger partial charge in [-0.3, -0.25) is 4.90 Å². The van der Waals surface area contributed by atoms with Crippen LogP contribution in [-0.4, -0.2) is 79.9 Å². The molecule has 0 spiro atoms. The first-order chi connectivity index (χ1) is 14.0. The Morgan fingerprint density at radius 2 is 1.57 bits per heavy atom. The molecule has 0 amide bonds. The molecule has 2 unspecified atom stereocenters. The largest absolute Gasteiger partial charge is 0.381 e. The molecule has 1 heterocycles. The van der Waals surface area contributed by atoms with E-state index in [9.17, 15) is 8.78 Å². The normalized spacial score (nSPS) is 26.6. The number of likely N-dealkylation sites (N-methyl/N-ethyl adjacent to an activating group) is 1. The van der Waals surface area contributed by atoms with E-state index in [4.69, 9.17) is 9.47 Å². The van der Waals surface area contributed by atoms with Crippen LogP contribution in [0.2, 0.25) is 0 Å². The molecule has 2 rings (SSSR count). The molecule has 182 valence electrons. The molecular weight excluding hydrogens is 386 g/mol. The number of halogens is 2. The van der Waals surface area contributed by atoms with Gasteiger partial charge < -0.3 is 14.4 Å². The molecule has 30 heavy (non-hydrogen) atoms. The monoisotopic (exact) mass is 436 g/mol. The molecule has 2 aliphatic rings. The second-order valence-electron chi connectivity index (χ2n) is 9.20. The average molecular weight is 437 g/mol. The summed E-state index contributed by atoms with van der Waals surface area (Å²) in [6, 6.07) is -0.682. The third-order valence-corrected chi connectivity index (χ3v) is 5.90. The van der Waals surface area contributed by atoms with Crippen molar-refractivity contribution in [2.24, 2.45) is 5.92 Å². The fourth-order valence-electron chi connectivity index (χ4n) is 4.34. The van der Waals surface area contributed by atoms with Crippen molar-refractivity contribution in [1.29, 1.82) is 0 Å². The van der Waals surface area contributed by atoms with Gasteiger partial charge in [-0.05, 0) is 59.0 Å². The Morgan fingerprint density at radius 1 is 1.00 bits per heavy atom. The minimum atomic E-state index is -2.66. The Bertz CT molecular complexity index is 437. The molecule has 0 aromatic carbocycles. The maximum atomic E-state index is 14.0. The molecule has 1 aliphatic heterocycles. The van der Waals surface area contributed by atoms with Gasteiger partial charge in [-0.15, -0.1) is 0 Å². The van der Waals surface area contributed by atoms with Crippen molar-refractivity contribution in [3.8, 4) is 0 Å². The summed E-state index contributed by atoms with van der Waals surface area (Å²) in [5.41, 5.74) is -0.182. The molecule has 4 nitrogen and oxygen atoms in total. The van der Waals surface area contributed by atoms with Gasteiger partial charge in [0.25, 0.3) is 5.92 Å². The molecular formula is C24H50F2N2O2. The average Bonchev–Trinajstić information content (AvgIpc) is 2.65. The van der Waals surface area contributed by atoms with Gasteiger partial charge in [0, 0.05) is 33.7 Å². The summed E-state index contributed by atoms with van der Waals surface area (Å²) in [4.78, 5) is 3.99. The SMILES string of the molecule is CC.CC.COC1CC(OC(C)(C)CC(C)CCN2CCN(C)CC2C(C)(F)F)C1. The van der Waals surface area contributed by atoms with Crippen LogP contribution < -0.4 is 0 Å². The summed E-state index contributed by atoms with van der Waals surface area (Å²) in [5, 5.41) is 0. The highest BCUT2D eigenvalue weighted by Gasteiger charge is 2.41. The molecule has 1 saturated carbocycles. The van der Waals surface area contributed by atoms with Gasteiger partial charge >= 0.3 is 0 Å². The van der Waals surface area contributed by atoms with Gasteiger partial charge in [0.1, 0.15) is 0 Å². The van der Waals surface area contributed by atoms with Crippen LogP contribution in [0.15, 0.2) is 0 Å². The van der Waals surface area contributed by atoms with Crippen LogP contribution in [0.5, 0.6) is 0 Å². The summed E-state index contributed by atoms with van der Waals surface area (Å²) in [7, 11) is 3.67. The lowest BCUT2D eigenvalue weighted by Gasteiger charge is -2.43. The van der Waals surface area contributed by atoms with Gasteiger partial charge in [0.2, 0.25) is 0 Å². The number of alkyl halides is 2. The predicted molar refractivity (Wildman–Crippen MR) is 124 cm³/mol. The predicted octanol–water partition coefficient (Wildman–Crippen LogP) is 5.70. The minimum Gasteiger partial charge on any atom is -0.381 e. The van der Waals surface area contributed by atoms with Gasteiger partial charge in [-0.25, -0.2) is 8.78 Å². The minimum absolute atomic E-state index is 0.182. The molecule has 6 heteroatoms. The Labute approximate surface area is 185 Å². The first-order valence-corrected chi connectivity index (χ1v) is 12.0. The third kappa shape index (κ3) is 10.3. The highest BCUT2D eigenvalue weighted by atomic mass is 19.3. The molecule has 0 bridgehead atoms. The quantitative estimate of drug-likeness (QED) is 0.463. The zero-order valence-corrected chi connectivity index (χ0v) is 21.4. The first-order valence-electron chi connectivity index (χ1n) is 12.0. The van der Waals surface area contributed by atoms with Crippen LogP contribution in [0.1, 0.15) is 81.1 Å². The molecule has 0 aromatic heterocycles. The van der Waals surface area contributed by atoms with Crippen LogP contribution in [-0.2, 0) is 9.47 Å². The maximum absolute atomic E-state index is 14.0. The maximum Gasteiger partial charge on any atom is 0.261 e. The van der Waals surface area contributed by atoms with Crippen molar-refractivity contribution < 1.29 is 18.3 Å². The second-order valence-corrected chi connectivity index (χ2v) is 9.20. The molecule has 0 aromatic rings. The smallest absolute Gasteiger partial charge is 0.261 e. The Hall–Kier alpha value is -0.300. The highest BCUT2D eigenvalue weighted by Crippen LogP contribution is 2.33. The lowest BCUT2D eigenvalue weighted by molar-refractivity contribution is -0.153. The first kappa shape index (κ1) is 29.7. The number of rotatable bonds is 9. The van der Waals surface area contributed by atoms with Crippen LogP contribution in [0.3, 0.4) is 0 Å². The molecule has 1 saturated heterocycles. The van der Waals surface area contributed by atoms with E-state index in [1.807, 2.05) is 44.5 Å². The van der Waals surface area contributed by atoms with E-state index >= 15 is 0 Å². The number of methoxy groups -OCH3 is 1. The number of hydrogen-bond donors (Lipinski definition) is 0. The van der Waals surface area contributed by atoms with Crippen molar-refractivity contribution in [3.05, 3.63) is 0 Å². The summed E-state index contributed by atoms with van der Waals surface area (Å²) < 4.78 is 39.5. The van der Waals surface area contributed by atoms with Gasteiger partial charge in [0.15, 0.2) is 0 Å². The Kier molecular flexibility index (Phi) is 13.8. The van der Waals surface area contributed by atoms with E-state index in [1.165, 1.54) is 0 Å². The highest BCUT2D eigenvalue weighted by molar-refractivity contribution is 4.89. The van der Waals surface area contributed by atoms with Gasteiger partial charge in [0.05, 0.1) is 23.9 Å². The topological polar surface area (TPSA) is 24.9 Å². The van der Waals surface area contributed by atoms with Gasteiger partial charge in [-0.2, -0.15) is 0 Å². The number of piperazine rings is 1. The molecule has 0 radical (unpaired) electrons. The van der Waals surface area contributed by atoms with Crippen molar-refractivity contribution in [2.45, 2.75) is 111 Å². The summed E-state index contributed by atoms with van der Waals surface area (Å²) >= 11 is 0. The van der Waals surface area contributed by atoms with Crippen molar-refractivity contribution >= 4 is 0 Å². The summed E-state index contributed by atoms with van der Waals surface area (Å²) in [5.74, 6) is -2.23. The van der Waals surface area contributed by atoms with E-state index in [0.717, 1.165) is 52.2 Å². The summed E-state index contributed by atoms with van der Waals surface area (Å²) in [6.45, 7) is 18.3. The lowest BCUT2D eigenvalue weighted by Crippen LogP contribution is -2.58. The van der Waals surface area contributed by atoms with E-state index in [-0.39, 0.29) is 5.60 Å². The van der Waals surface area contributed by atoms with Crippen LogP contribution in [0.4, 0.5) is 8.78 Å². The van der Waals surface area contributed by atoms with E-state index in [0.29, 0.717) is 24.7 Å². The zero-order valence-electron chi connectivity index (χ0n) is 21.4. The Morgan fingerprint density at radius 3 is 2.07 bits per heavy atom. The Balaban J connectivity index is 0.00000198. The second kappa shape index (κ2) is 14.0. The lowest BCUT2D eigenvalue weighted by atomic mass is 9.88. The summed E-state index contributed by atoms with van der Waals surface area (Å²) in [6.07, 6.45) is 4.46. The molecule has 2 atom stereocenters. The van der Waals surface area contributed by atoms with Gasteiger partial charge in [-0.1, -0.05) is 34.6 Å². The number of ether oxygens (including phenoxy) is 2. The zero-order chi connectivity index (χ0) is 23.5. The number of nitrogens with zero attached hydrogens (tertiary/aromatic N) is 2. The fourth-order valence-corrected chi connectivity index (χ4v) is 4.34. The fraction of sp³-hybridized carbons (Fsp3) is 1.00. The standard InChI is InChI=1S/C20H38F2N2O2.2C2H6/c1-15(13-19(2,3)26-17-11-16(12-17)25-6)7-8-24-10-9-23(5)14-18(24)20(4,21)22;2*1-2/h15-18H,7-14H2,1-6H3;2*1-2H3. The van der Waals surface area contributed by atoms with E-state index in [2.05, 4.69) is 20.8 Å². The van der Waals surface area contributed by atoms with Crippen LogP contribution in [0.25, 0.3) is 0 Å². The third-order valence-electron chi connectivity index (χ3n) is 5.90. The molecule has 1 aliphatic carbocycles. The van der Waals surface area contributed by atoms with E-state index < -0.39 is 12.0 Å². The van der Waals surface area contributed by atoms with Crippen LogP contribution >= 0.6 is 0 Å². The van der Waals surface area contributed by atoms with E-state index in [1.54, 1.807) is 7.11 Å². The molecule has 2 fully saturated rings. The van der Waals surface area contributed by atoms with Crippen molar-refractivity contribution in [1.82, 2.24) is 9.80 Å². The van der Waals surface area contributed by atoms with Crippen LogP contribution in [0, 0.1) is 5.92 Å². The van der Waals surface area contributed by atoms with Crippen molar-refractivity contribution in [3.63, 3.8) is 0 Å². The number of hydrogen-bond acceptors (Lipinski definition) is 4. The molecule has 0 N–H and O–H groups in total.